The number of carbonyl (C=O) groups excluding carboxylic acids is 1. The third kappa shape index (κ3) is 3.25. The summed E-state index contributed by atoms with van der Waals surface area (Å²) in [6, 6.07) is 5.48. The van der Waals surface area contributed by atoms with Gasteiger partial charge in [0, 0.05) is 5.02 Å². The summed E-state index contributed by atoms with van der Waals surface area (Å²) in [5.41, 5.74) is 0.356. The largest absolute Gasteiger partial charge is 0.494 e. The quantitative estimate of drug-likeness (QED) is 0.836. The van der Waals surface area contributed by atoms with Crippen LogP contribution in [-0.2, 0) is 16.2 Å². The van der Waals surface area contributed by atoms with E-state index in [0.29, 0.717) is 24.8 Å². The fourth-order valence-corrected chi connectivity index (χ4v) is 2.13. The van der Waals surface area contributed by atoms with Gasteiger partial charge in [0.1, 0.15) is 5.75 Å². The monoisotopic (exact) mass is 297 g/mol. The molecule has 1 fully saturated rings. The Bertz CT molecular complexity index is 502. The third-order valence-electron chi connectivity index (χ3n) is 3.19. The van der Waals surface area contributed by atoms with Gasteiger partial charge >= 0.3 is 0 Å². The Labute approximate surface area is 124 Å². The molecule has 2 rings (SSSR count). The van der Waals surface area contributed by atoms with E-state index in [9.17, 15) is 4.79 Å². The van der Waals surface area contributed by atoms with Gasteiger partial charge in [-0.05, 0) is 44.0 Å². The second-order valence-electron chi connectivity index (χ2n) is 5.60. The predicted molar refractivity (Wildman–Crippen MR) is 77.5 cm³/mol. The SMILES string of the molecule is CCCOc1ccc(Cl)c(CN2OCC(C)(C)C2=O)c1. The average molecular weight is 298 g/mol. The Morgan fingerprint density at radius 2 is 2.20 bits per heavy atom. The first kappa shape index (κ1) is 15.1. The zero-order chi connectivity index (χ0) is 14.8. The Kier molecular flexibility index (Phi) is 4.55. The van der Waals surface area contributed by atoms with Crippen molar-refractivity contribution in [3.63, 3.8) is 0 Å². The van der Waals surface area contributed by atoms with Crippen molar-refractivity contribution in [3.05, 3.63) is 28.8 Å². The molecule has 0 atom stereocenters. The van der Waals surface area contributed by atoms with E-state index in [4.69, 9.17) is 21.2 Å². The van der Waals surface area contributed by atoms with Gasteiger partial charge in [-0.2, -0.15) is 0 Å². The van der Waals surface area contributed by atoms with Crippen LogP contribution in [0.4, 0.5) is 0 Å². The topological polar surface area (TPSA) is 38.8 Å². The Morgan fingerprint density at radius 1 is 1.45 bits per heavy atom. The fraction of sp³-hybridized carbons (Fsp3) is 0.533. The molecule has 0 saturated carbocycles. The molecule has 0 aromatic heterocycles. The molecule has 0 spiro atoms. The third-order valence-corrected chi connectivity index (χ3v) is 3.56. The van der Waals surface area contributed by atoms with Crippen LogP contribution in [0.1, 0.15) is 32.8 Å². The molecule has 1 amide bonds. The minimum atomic E-state index is -0.469. The molecular formula is C15H20ClNO3. The number of rotatable bonds is 5. The maximum Gasteiger partial charge on any atom is 0.254 e. The predicted octanol–water partition coefficient (Wildman–Crippen LogP) is 3.43. The minimum Gasteiger partial charge on any atom is -0.494 e. The summed E-state index contributed by atoms with van der Waals surface area (Å²) in [4.78, 5) is 17.6. The number of benzene rings is 1. The lowest BCUT2D eigenvalue weighted by Crippen LogP contribution is -2.30. The van der Waals surface area contributed by atoms with Gasteiger partial charge in [0.15, 0.2) is 0 Å². The number of nitrogens with zero attached hydrogens (tertiary/aromatic N) is 1. The Morgan fingerprint density at radius 3 is 2.80 bits per heavy atom. The molecule has 0 unspecified atom stereocenters. The first-order valence-electron chi connectivity index (χ1n) is 6.80. The van der Waals surface area contributed by atoms with E-state index in [2.05, 4.69) is 6.92 Å². The van der Waals surface area contributed by atoms with Crippen molar-refractivity contribution in [1.82, 2.24) is 5.06 Å². The van der Waals surface area contributed by atoms with Crippen LogP contribution in [0.2, 0.25) is 5.02 Å². The van der Waals surface area contributed by atoms with Crippen LogP contribution < -0.4 is 4.74 Å². The first-order valence-corrected chi connectivity index (χ1v) is 7.18. The lowest BCUT2D eigenvalue weighted by Gasteiger charge is -2.17. The Balaban J connectivity index is 2.11. The van der Waals surface area contributed by atoms with E-state index >= 15 is 0 Å². The summed E-state index contributed by atoms with van der Waals surface area (Å²) in [5.74, 6) is 0.741. The van der Waals surface area contributed by atoms with Crippen molar-refractivity contribution >= 4 is 17.5 Å². The highest BCUT2D eigenvalue weighted by Gasteiger charge is 2.40. The van der Waals surface area contributed by atoms with Gasteiger partial charge in [0.25, 0.3) is 5.91 Å². The molecule has 0 aliphatic carbocycles. The zero-order valence-electron chi connectivity index (χ0n) is 12.1. The summed E-state index contributed by atoms with van der Waals surface area (Å²) in [5, 5.41) is 1.99. The lowest BCUT2D eigenvalue weighted by molar-refractivity contribution is -0.165. The smallest absolute Gasteiger partial charge is 0.254 e. The molecule has 110 valence electrons. The van der Waals surface area contributed by atoms with Crippen molar-refractivity contribution in [2.75, 3.05) is 13.2 Å². The summed E-state index contributed by atoms with van der Waals surface area (Å²) in [7, 11) is 0. The Hall–Kier alpha value is -1.26. The van der Waals surface area contributed by atoms with Gasteiger partial charge in [-0.25, -0.2) is 5.06 Å². The van der Waals surface area contributed by atoms with Gasteiger partial charge in [-0.15, -0.1) is 0 Å². The summed E-state index contributed by atoms with van der Waals surface area (Å²) < 4.78 is 5.58. The molecule has 1 aliphatic heterocycles. The highest BCUT2D eigenvalue weighted by atomic mass is 35.5. The molecule has 1 aromatic carbocycles. The van der Waals surface area contributed by atoms with Gasteiger partial charge in [-0.1, -0.05) is 18.5 Å². The van der Waals surface area contributed by atoms with Crippen molar-refractivity contribution in [2.24, 2.45) is 5.41 Å². The van der Waals surface area contributed by atoms with Crippen LogP contribution in [0.25, 0.3) is 0 Å². The van der Waals surface area contributed by atoms with Crippen molar-refractivity contribution in [3.8, 4) is 5.75 Å². The van der Waals surface area contributed by atoms with E-state index in [0.717, 1.165) is 17.7 Å². The molecule has 1 aliphatic rings. The molecule has 1 heterocycles. The summed E-state index contributed by atoms with van der Waals surface area (Å²) in [6.45, 7) is 7.19. The van der Waals surface area contributed by atoms with Crippen molar-refractivity contribution < 1.29 is 14.4 Å². The van der Waals surface area contributed by atoms with Crippen LogP contribution in [0.3, 0.4) is 0 Å². The normalized spacial score (nSPS) is 17.6. The van der Waals surface area contributed by atoms with Gasteiger partial charge in [-0.3, -0.25) is 9.63 Å². The maximum atomic E-state index is 12.1. The van der Waals surface area contributed by atoms with Crippen LogP contribution in [0, 0.1) is 5.41 Å². The van der Waals surface area contributed by atoms with Crippen molar-refractivity contribution in [1.29, 1.82) is 0 Å². The van der Waals surface area contributed by atoms with E-state index in [-0.39, 0.29) is 5.91 Å². The number of halogens is 1. The van der Waals surface area contributed by atoms with E-state index in [1.807, 2.05) is 26.0 Å². The highest BCUT2D eigenvalue weighted by molar-refractivity contribution is 6.31. The number of amides is 1. The minimum absolute atomic E-state index is 0.0200. The van der Waals surface area contributed by atoms with Crippen molar-refractivity contribution in [2.45, 2.75) is 33.7 Å². The number of hydrogen-bond acceptors (Lipinski definition) is 3. The molecule has 1 saturated heterocycles. The molecule has 0 N–H and O–H groups in total. The number of hydrogen-bond donors (Lipinski definition) is 0. The van der Waals surface area contributed by atoms with Crippen LogP contribution in [-0.4, -0.2) is 24.2 Å². The van der Waals surface area contributed by atoms with Crippen LogP contribution in [0.5, 0.6) is 5.75 Å². The maximum absolute atomic E-state index is 12.1. The van der Waals surface area contributed by atoms with Gasteiger partial charge < -0.3 is 4.74 Å². The number of carbonyl (C=O) groups is 1. The molecule has 4 nitrogen and oxygen atoms in total. The van der Waals surface area contributed by atoms with E-state index in [1.54, 1.807) is 6.07 Å². The summed E-state index contributed by atoms with van der Waals surface area (Å²) in [6.07, 6.45) is 0.944. The second-order valence-corrected chi connectivity index (χ2v) is 6.01. The fourth-order valence-electron chi connectivity index (χ4n) is 1.95. The highest BCUT2D eigenvalue weighted by Crippen LogP contribution is 2.30. The average Bonchev–Trinajstić information content (AvgIpc) is 2.66. The molecule has 1 aromatic rings. The van der Waals surface area contributed by atoms with Gasteiger partial charge in [0.05, 0.1) is 25.2 Å². The van der Waals surface area contributed by atoms with Crippen LogP contribution in [0.15, 0.2) is 18.2 Å². The van der Waals surface area contributed by atoms with Crippen LogP contribution >= 0.6 is 11.6 Å². The molecule has 0 radical (unpaired) electrons. The second kappa shape index (κ2) is 6.02. The van der Waals surface area contributed by atoms with E-state index in [1.165, 1.54) is 5.06 Å². The number of ether oxygens (including phenoxy) is 1. The van der Waals surface area contributed by atoms with Gasteiger partial charge in [0.2, 0.25) is 0 Å². The van der Waals surface area contributed by atoms with E-state index < -0.39 is 5.41 Å². The summed E-state index contributed by atoms with van der Waals surface area (Å²) >= 11 is 6.18. The number of hydroxylamine groups is 2. The first-order chi connectivity index (χ1) is 9.44. The molecule has 0 bridgehead atoms. The zero-order valence-corrected chi connectivity index (χ0v) is 12.9. The standard InChI is InChI=1S/C15H20ClNO3/c1-4-7-19-12-5-6-13(16)11(8-12)9-17-14(18)15(2,3)10-20-17/h5-6,8H,4,7,9-10H2,1-3H3. The lowest BCUT2D eigenvalue weighted by atomic mass is 9.95. The molecule has 20 heavy (non-hydrogen) atoms. The molecular weight excluding hydrogens is 278 g/mol. The molecule has 5 heteroatoms.